The number of amides is 4. The molecule has 14 heteroatoms. The fraction of sp³-hybridized carbons (Fsp3) is 0.500. The average Bonchev–Trinajstić information content (AvgIpc) is 3.15. The number of aromatic amines is 1. The first-order valence-corrected chi connectivity index (χ1v) is 8.80. The number of nitrogens with one attached hydrogen (secondary N) is 4. The summed E-state index contributed by atoms with van der Waals surface area (Å²) in [6.07, 6.45) is 1.05. The number of aliphatic hydroxyl groups is 1. The number of nitrogens with two attached hydrogens (primary N) is 2. The fourth-order valence-corrected chi connectivity index (χ4v) is 2.32. The van der Waals surface area contributed by atoms with Crippen molar-refractivity contribution in [3.8, 4) is 0 Å². The number of aliphatic carboxylic acids is 1. The molecule has 1 aromatic heterocycles. The number of aliphatic hydroxyl groups excluding tert-OH is 1. The molecule has 166 valence electrons. The molecule has 0 aliphatic rings. The molecule has 4 amide bonds. The number of primary amides is 1. The lowest BCUT2D eigenvalue weighted by molar-refractivity contribution is -0.143. The van der Waals surface area contributed by atoms with Crippen LogP contribution in [0.25, 0.3) is 0 Å². The first-order valence-electron chi connectivity index (χ1n) is 8.80. The van der Waals surface area contributed by atoms with Crippen molar-refractivity contribution >= 4 is 29.6 Å². The minimum Gasteiger partial charge on any atom is -0.480 e. The van der Waals surface area contributed by atoms with Crippen LogP contribution in [0.1, 0.15) is 19.0 Å². The second kappa shape index (κ2) is 11.5. The summed E-state index contributed by atoms with van der Waals surface area (Å²) in [4.78, 5) is 64.7. The van der Waals surface area contributed by atoms with Crippen LogP contribution in [0.15, 0.2) is 12.5 Å². The Kier molecular flexibility index (Phi) is 9.38. The minimum atomic E-state index is -1.56. The highest BCUT2D eigenvalue weighted by molar-refractivity contribution is 5.93. The molecular weight excluding hydrogens is 402 g/mol. The van der Waals surface area contributed by atoms with Gasteiger partial charge in [-0.15, -0.1) is 0 Å². The number of carboxylic acids is 1. The zero-order valence-corrected chi connectivity index (χ0v) is 16.1. The maximum atomic E-state index is 12.2. The van der Waals surface area contributed by atoms with Gasteiger partial charge in [-0.1, -0.05) is 0 Å². The van der Waals surface area contributed by atoms with E-state index in [1.807, 2.05) is 5.32 Å². The van der Waals surface area contributed by atoms with Crippen LogP contribution in [0.3, 0.4) is 0 Å². The van der Waals surface area contributed by atoms with Gasteiger partial charge in [-0.25, -0.2) is 9.78 Å². The molecule has 1 heterocycles. The number of hydrogen-bond acceptors (Lipinski definition) is 8. The monoisotopic (exact) mass is 427 g/mol. The standard InChI is InChI=1S/C16H25N7O7/c1-7(24)13(23-14(27)9(17)2-8-4-19-6-21-8)15(28)20-5-12(26)22-10(16(29)30)3-11(18)25/h4,6-7,9-10,13,24H,2-3,5,17H2,1H3,(H2,18,25)(H,19,21)(H,20,28)(H,22,26)(H,23,27)(H,29,30). The number of imidazole rings is 1. The van der Waals surface area contributed by atoms with E-state index in [9.17, 15) is 29.1 Å². The molecule has 0 aliphatic heterocycles. The maximum Gasteiger partial charge on any atom is 0.326 e. The van der Waals surface area contributed by atoms with Crippen molar-refractivity contribution in [1.29, 1.82) is 0 Å². The van der Waals surface area contributed by atoms with Crippen LogP contribution in [0, 0.1) is 0 Å². The topological polar surface area (TPSA) is 243 Å². The number of carbonyl (C=O) groups is 5. The molecule has 0 saturated carbocycles. The summed E-state index contributed by atoms with van der Waals surface area (Å²) in [5.41, 5.74) is 11.3. The first kappa shape index (κ1) is 24.5. The lowest BCUT2D eigenvalue weighted by atomic mass is 10.1. The van der Waals surface area contributed by atoms with Gasteiger partial charge in [0.2, 0.25) is 23.6 Å². The zero-order valence-electron chi connectivity index (χ0n) is 16.1. The number of carboxylic acid groups (broad SMARTS) is 1. The van der Waals surface area contributed by atoms with E-state index in [-0.39, 0.29) is 6.42 Å². The van der Waals surface area contributed by atoms with Crippen LogP contribution in [0.4, 0.5) is 0 Å². The van der Waals surface area contributed by atoms with Crippen LogP contribution < -0.4 is 27.4 Å². The Morgan fingerprint density at radius 1 is 1.20 bits per heavy atom. The Bertz CT molecular complexity index is 766. The average molecular weight is 427 g/mol. The van der Waals surface area contributed by atoms with E-state index in [0.717, 1.165) is 0 Å². The Morgan fingerprint density at radius 3 is 2.37 bits per heavy atom. The molecule has 1 rings (SSSR count). The van der Waals surface area contributed by atoms with E-state index in [1.54, 1.807) is 0 Å². The van der Waals surface area contributed by atoms with E-state index < -0.39 is 66.8 Å². The van der Waals surface area contributed by atoms with Crippen molar-refractivity contribution in [2.75, 3.05) is 6.54 Å². The van der Waals surface area contributed by atoms with Gasteiger partial charge in [-0.2, -0.15) is 0 Å². The predicted octanol–water partition coefficient (Wildman–Crippen LogP) is -4.29. The molecule has 10 N–H and O–H groups in total. The number of hydrogen-bond donors (Lipinski definition) is 8. The smallest absolute Gasteiger partial charge is 0.326 e. The Labute approximate surface area is 170 Å². The molecule has 0 radical (unpaired) electrons. The normalized spacial score (nSPS) is 14.6. The van der Waals surface area contributed by atoms with Crippen LogP contribution in [-0.4, -0.2) is 80.6 Å². The van der Waals surface area contributed by atoms with Gasteiger partial charge in [-0.3, -0.25) is 19.2 Å². The highest BCUT2D eigenvalue weighted by Gasteiger charge is 2.29. The van der Waals surface area contributed by atoms with E-state index in [2.05, 4.69) is 20.6 Å². The number of nitrogens with zero attached hydrogens (tertiary/aromatic N) is 1. The molecular formula is C16H25N7O7. The van der Waals surface area contributed by atoms with E-state index in [0.29, 0.717) is 5.69 Å². The minimum absolute atomic E-state index is 0.110. The zero-order chi connectivity index (χ0) is 22.8. The largest absolute Gasteiger partial charge is 0.480 e. The molecule has 0 bridgehead atoms. The summed E-state index contributed by atoms with van der Waals surface area (Å²) >= 11 is 0. The number of carbonyl (C=O) groups excluding carboxylic acids is 4. The van der Waals surface area contributed by atoms with Crippen LogP contribution in [0.5, 0.6) is 0 Å². The highest BCUT2D eigenvalue weighted by atomic mass is 16.4. The van der Waals surface area contributed by atoms with Crippen molar-refractivity contribution in [3.05, 3.63) is 18.2 Å². The van der Waals surface area contributed by atoms with Gasteiger partial charge < -0.3 is 42.6 Å². The molecule has 4 unspecified atom stereocenters. The molecule has 0 fully saturated rings. The van der Waals surface area contributed by atoms with Crippen LogP contribution >= 0.6 is 0 Å². The highest BCUT2D eigenvalue weighted by Crippen LogP contribution is 1.99. The van der Waals surface area contributed by atoms with Crippen molar-refractivity contribution in [1.82, 2.24) is 25.9 Å². The van der Waals surface area contributed by atoms with Crippen molar-refractivity contribution in [3.63, 3.8) is 0 Å². The van der Waals surface area contributed by atoms with Gasteiger partial charge in [-0.05, 0) is 6.92 Å². The molecule has 4 atom stereocenters. The maximum absolute atomic E-state index is 12.2. The Morgan fingerprint density at radius 2 is 1.87 bits per heavy atom. The van der Waals surface area contributed by atoms with Gasteiger partial charge in [0, 0.05) is 18.3 Å². The molecule has 1 aromatic rings. The summed E-state index contributed by atoms with van der Waals surface area (Å²) in [6.45, 7) is 0.582. The molecule has 0 spiro atoms. The molecule has 0 aromatic carbocycles. The second-order valence-electron chi connectivity index (χ2n) is 6.46. The number of aromatic nitrogens is 2. The predicted molar refractivity (Wildman–Crippen MR) is 100 cm³/mol. The molecule has 0 saturated heterocycles. The van der Waals surface area contributed by atoms with Gasteiger partial charge in [0.05, 0.1) is 31.4 Å². The Hall–Kier alpha value is -3.52. The molecule has 14 nitrogen and oxygen atoms in total. The van der Waals surface area contributed by atoms with Gasteiger partial charge >= 0.3 is 5.97 Å². The molecule has 0 aliphatic carbocycles. The summed E-state index contributed by atoms with van der Waals surface area (Å²) in [5, 5.41) is 25.2. The fourth-order valence-electron chi connectivity index (χ4n) is 2.32. The molecule has 30 heavy (non-hydrogen) atoms. The third kappa shape index (κ3) is 8.24. The van der Waals surface area contributed by atoms with Gasteiger partial charge in [0.15, 0.2) is 0 Å². The lowest BCUT2D eigenvalue weighted by Crippen LogP contribution is -2.57. The summed E-state index contributed by atoms with van der Waals surface area (Å²) < 4.78 is 0. The quantitative estimate of drug-likeness (QED) is 0.161. The number of rotatable bonds is 12. The lowest BCUT2D eigenvalue weighted by Gasteiger charge is -2.22. The van der Waals surface area contributed by atoms with E-state index >= 15 is 0 Å². The van der Waals surface area contributed by atoms with Crippen molar-refractivity contribution in [2.45, 2.75) is 44.0 Å². The van der Waals surface area contributed by atoms with Gasteiger partial charge in [0.25, 0.3) is 0 Å². The summed E-state index contributed by atoms with van der Waals surface area (Å²) in [6, 6.07) is -4.01. The second-order valence-corrected chi connectivity index (χ2v) is 6.46. The van der Waals surface area contributed by atoms with E-state index in [1.165, 1.54) is 19.4 Å². The summed E-state index contributed by atoms with van der Waals surface area (Å²) in [5.74, 6) is -4.95. The van der Waals surface area contributed by atoms with Crippen molar-refractivity contribution < 1.29 is 34.2 Å². The van der Waals surface area contributed by atoms with Crippen molar-refractivity contribution in [2.24, 2.45) is 11.5 Å². The first-order chi connectivity index (χ1) is 14.0. The number of H-pyrrole nitrogens is 1. The summed E-state index contributed by atoms with van der Waals surface area (Å²) in [7, 11) is 0. The third-order valence-corrected chi connectivity index (χ3v) is 3.86. The SMILES string of the molecule is CC(O)C(NC(=O)C(N)Cc1cnc[nH]1)C(=O)NCC(=O)NC(CC(N)=O)C(=O)O. The Balaban J connectivity index is 2.60. The van der Waals surface area contributed by atoms with Gasteiger partial charge in [0.1, 0.15) is 12.1 Å². The van der Waals surface area contributed by atoms with Crippen LogP contribution in [0.2, 0.25) is 0 Å². The third-order valence-electron chi connectivity index (χ3n) is 3.86. The van der Waals surface area contributed by atoms with Crippen LogP contribution in [-0.2, 0) is 30.4 Å². The van der Waals surface area contributed by atoms with E-state index in [4.69, 9.17) is 16.6 Å².